The predicted octanol–water partition coefficient (Wildman–Crippen LogP) is 1.57. The Bertz CT molecular complexity index is 456. The lowest BCUT2D eigenvalue weighted by atomic mass is 9.92. The van der Waals surface area contributed by atoms with Gasteiger partial charge >= 0.3 is 5.97 Å². The second kappa shape index (κ2) is 5.95. The van der Waals surface area contributed by atoms with Crippen molar-refractivity contribution >= 4 is 11.9 Å². The number of aryl methyl sites for hydroxylation is 2. The number of carboxylic acid groups (broad SMARTS) is 1. The van der Waals surface area contributed by atoms with E-state index in [1.807, 2.05) is 13.8 Å². The minimum Gasteiger partial charge on any atom is -0.481 e. The highest BCUT2D eigenvalue weighted by Gasteiger charge is 2.21. The van der Waals surface area contributed by atoms with Gasteiger partial charge in [-0.05, 0) is 39.0 Å². The molecule has 1 aromatic rings. The summed E-state index contributed by atoms with van der Waals surface area (Å²) >= 11 is 0. The maximum atomic E-state index is 10.6. The summed E-state index contributed by atoms with van der Waals surface area (Å²) in [7, 11) is 0. The highest BCUT2D eigenvalue weighted by atomic mass is 16.4. The van der Waals surface area contributed by atoms with Crippen LogP contribution in [0, 0.1) is 19.8 Å². The van der Waals surface area contributed by atoms with Gasteiger partial charge in [-0.25, -0.2) is 4.98 Å². The van der Waals surface area contributed by atoms with Crippen molar-refractivity contribution in [2.24, 2.45) is 5.92 Å². The Morgan fingerprint density at radius 2 is 1.95 bits per heavy atom. The van der Waals surface area contributed by atoms with Gasteiger partial charge < -0.3 is 10.0 Å². The fourth-order valence-corrected chi connectivity index (χ4v) is 2.33. The molecule has 6 nitrogen and oxygen atoms in total. The first-order chi connectivity index (χ1) is 9.06. The van der Waals surface area contributed by atoms with E-state index in [-0.39, 0.29) is 6.42 Å². The van der Waals surface area contributed by atoms with Crippen LogP contribution in [0.5, 0.6) is 0 Å². The van der Waals surface area contributed by atoms with Gasteiger partial charge in [0, 0.05) is 19.5 Å². The number of hydrogen-bond donors (Lipinski definition) is 1. The van der Waals surface area contributed by atoms with Crippen molar-refractivity contribution in [2.75, 3.05) is 18.0 Å². The molecular formula is C13H20N4O2. The molecule has 0 spiro atoms. The maximum Gasteiger partial charge on any atom is 0.303 e. The fraction of sp³-hybridized carbons (Fsp3) is 0.692. The number of carbonyl (C=O) groups is 1. The van der Waals surface area contributed by atoms with Gasteiger partial charge in [-0.3, -0.25) is 4.79 Å². The van der Waals surface area contributed by atoms with Gasteiger partial charge in [-0.1, -0.05) is 0 Å². The predicted molar refractivity (Wildman–Crippen MR) is 71.1 cm³/mol. The summed E-state index contributed by atoms with van der Waals surface area (Å²) in [5.74, 6) is 0.496. The lowest BCUT2D eigenvalue weighted by molar-refractivity contribution is -0.137. The number of nitrogens with zero attached hydrogens (tertiary/aromatic N) is 4. The third kappa shape index (κ3) is 3.62. The van der Waals surface area contributed by atoms with Crippen LogP contribution in [0.3, 0.4) is 0 Å². The summed E-state index contributed by atoms with van der Waals surface area (Å²) in [6, 6.07) is 0. The standard InChI is InChI=1S/C13H20N4O2/c1-9-10(2)15-16-13(14-9)17-7-5-11(6-8-17)3-4-12(18)19/h11H,3-8H2,1-2H3,(H,18,19). The van der Waals surface area contributed by atoms with Gasteiger partial charge in [0.15, 0.2) is 0 Å². The molecular weight excluding hydrogens is 244 g/mol. The van der Waals surface area contributed by atoms with E-state index in [0.29, 0.717) is 11.9 Å². The van der Waals surface area contributed by atoms with E-state index in [1.165, 1.54) is 0 Å². The number of aliphatic carboxylic acids is 1. The monoisotopic (exact) mass is 264 g/mol. The van der Waals surface area contributed by atoms with Crippen molar-refractivity contribution in [3.63, 3.8) is 0 Å². The van der Waals surface area contributed by atoms with Crippen LogP contribution in [-0.4, -0.2) is 39.3 Å². The highest BCUT2D eigenvalue weighted by Crippen LogP contribution is 2.24. The molecule has 2 heterocycles. The van der Waals surface area contributed by atoms with Crippen LogP contribution < -0.4 is 4.90 Å². The topological polar surface area (TPSA) is 79.2 Å². The molecule has 1 fully saturated rings. The average Bonchev–Trinajstić information content (AvgIpc) is 2.40. The van der Waals surface area contributed by atoms with Crippen LogP contribution in [0.2, 0.25) is 0 Å². The highest BCUT2D eigenvalue weighted by molar-refractivity contribution is 5.66. The van der Waals surface area contributed by atoms with Gasteiger partial charge in [0.2, 0.25) is 5.95 Å². The van der Waals surface area contributed by atoms with Crippen LogP contribution in [0.4, 0.5) is 5.95 Å². The molecule has 104 valence electrons. The van der Waals surface area contributed by atoms with Gasteiger partial charge in [0.05, 0.1) is 11.4 Å². The molecule has 0 atom stereocenters. The Kier molecular flexibility index (Phi) is 4.29. The molecule has 1 aliphatic heterocycles. The third-order valence-electron chi connectivity index (χ3n) is 3.74. The Balaban J connectivity index is 1.88. The molecule has 0 aromatic carbocycles. The number of carboxylic acids is 1. The van der Waals surface area contributed by atoms with Gasteiger partial charge in [0.1, 0.15) is 0 Å². The largest absolute Gasteiger partial charge is 0.481 e. The minimum atomic E-state index is -0.705. The molecule has 2 rings (SSSR count). The summed E-state index contributed by atoms with van der Waals surface area (Å²) in [6.45, 7) is 5.60. The summed E-state index contributed by atoms with van der Waals surface area (Å²) in [4.78, 5) is 17.1. The van der Waals surface area contributed by atoms with E-state index in [1.54, 1.807) is 0 Å². The molecule has 0 amide bonds. The normalized spacial score (nSPS) is 16.6. The van der Waals surface area contributed by atoms with Crippen molar-refractivity contribution in [3.8, 4) is 0 Å². The molecule has 0 radical (unpaired) electrons. The first-order valence-electron chi connectivity index (χ1n) is 6.71. The first kappa shape index (κ1) is 13.7. The molecule has 0 saturated carbocycles. The number of hydrogen-bond acceptors (Lipinski definition) is 5. The van der Waals surface area contributed by atoms with Crippen LogP contribution in [-0.2, 0) is 4.79 Å². The summed E-state index contributed by atoms with van der Waals surface area (Å²) in [5.41, 5.74) is 1.78. The maximum absolute atomic E-state index is 10.6. The van der Waals surface area contributed by atoms with E-state index in [0.717, 1.165) is 43.7 Å². The van der Waals surface area contributed by atoms with E-state index in [4.69, 9.17) is 5.11 Å². The van der Waals surface area contributed by atoms with E-state index >= 15 is 0 Å². The van der Waals surface area contributed by atoms with Crippen LogP contribution >= 0.6 is 0 Å². The van der Waals surface area contributed by atoms with Crippen LogP contribution in [0.1, 0.15) is 37.1 Å². The van der Waals surface area contributed by atoms with Gasteiger partial charge in [-0.15, -0.1) is 5.10 Å². The minimum absolute atomic E-state index is 0.270. The van der Waals surface area contributed by atoms with Crippen molar-refractivity contribution in [1.29, 1.82) is 0 Å². The molecule has 6 heteroatoms. The smallest absolute Gasteiger partial charge is 0.303 e. The SMILES string of the molecule is Cc1nnc(N2CCC(CCC(=O)O)CC2)nc1C. The molecule has 0 unspecified atom stereocenters. The number of anilines is 1. The van der Waals surface area contributed by atoms with Crippen molar-refractivity contribution < 1.29 is 9.90 Å². The molecule has 1 aromatic heterocycles. The van der Waals surface area contributed by atoms with E-state index < -0.39 is 5.97 Å². The average molecular weight is 264 g/mol. The third-order valence-corrected chi connectivity index (χ3v) is 3.74. The van der Waals surface area contributed by atoms with Gasteiger partial charge in [0.25, 0.3) is 0 Å². The number of piperidine rings is 1. The number of rotatable bonds is 4. The molecule has 1 N–H and O–H groups in total. The Labute approximate surface area is 112 Å². The molecule has 19 heavy (non-hydrogen) atoms. The lowest BCUT2D eigenvalue weighted by Gasteiger charge is -2.31. The number of aromatic nitrogens is 3. The Morgan fingerprint density at radius 1 is 1.26 bits per heavy atom. The Morgan fingerprint density at radius 3 is 2.53 bits per heavy atom. The lowest BCUT2D eigenvalue weighted by Crippen LogP contribution is -2.35. The quantitative estimate of drug-likeness (QED) is 0.889. The van der Waals surface area contributed by atoms with Crippen molar-refractivity contribution in [2.45, 2.75) is 39.5 Å². The second-order valence-corrected chi connectivity index (χ2v) is 5.15. The zero-order chi connectivity index (χ0) is 13.8. The zero-order valence-corrected chi connectivity index (χ0v) is 11.5. The molecule has 0 aliphatic carbocycles. The summed E-state index contributed by atoms with van der Waals surface area (Å²) < 4.78 is 0. The molecule has 0 bridgehead atoms. The second-order valence-electron chi connectivity index (χ2n) is 5.15. The fourth-order valence-electron chi connectivity index (χ4n) is 2.33. The Hall–Kier alpha value is -1.72. The van der Waals surface area contributed by atoms with E-state index in [2.05, 4.69) is 20.1 Å². The zero-order valence-electron chi connectivity index (χ0n) is 11.5. The van der Waals surface area contributed by atoms with Crippen molar-refractivity contribution in [3.05, 3.63) is 11.4 Å². The van der Waals surface area contributed by atoms with Crippen molar-refractivity contribution in [1.82, 2.24) is 15.2 Å². The summed E-state index contributed by atoms with van der Waals surface area (Å²) in [5, 5.41) is 16.9. The van der Waals surface area contributed by atoms with Gasteiger partial charge in [-0.2, -0.15) is 5.10 Å². The molecule has 1 saturated heterocycles. The first-order valence-corrected chi connectivity index (χ1v) is 6.71. The van der Waals surface area contributed by atoms with Crippen LogP contribution in [0.25, 0.3) is 0 Å². The molecule has 1 aliphatic rings. The summed E-state index contributed by atoms with van der Waals surface area (Å²) in [6.07, 6.45) is 3.05. The van der Waals surface area contributed by atoms with E-state index in [9.17, 15) is 4.79 Å². The van der Waals surface area contributed by atoms with Crippen LogP contribution in [0.15, 0.2) is 0 Å².